The standard InChI is InChI=1S/C13H22N4O/c1-10-15-5-7-17(10)8-6-16-13(18)12-4-2-3-11(12)9-14/h5,7,11-12H,2-4,6,8-9,14H2,1H3,(H,16,18)/t11-,12-/m1/s1. The van der Waals surface area contributed by atoms with Gasteiger partial charge in [-0.15, -0.1) is 0 Å². The molecule has 0 radical (unpaired) electrons. The molecule has 1 fully saturated rings. The fraction of sp³-hybridized carbons (Fsp3) is 0.692. The molecule has 1 aromatic rings. The average molecular weight is 250 g/mol. The number of carbonyl (C=O) groups excluding carboxylic acids is 1. The third-order valence-electron chi connectivity index (χ3n) is 3.87. The van der Waals surface area contributed by atoms with Gasteiger partial charge in [0.25, 0.3) is 0 Å². The lowest BCUT2D eigenvalue weighted by molar-refractivity contribution is -0.125. The summed E-state index contributed by atoms with van der Waals surface area (Å²) in [6, 6.07) is 0. The van der Waals surface area contributed by atoms with E-state index in [1.807, 2.05) is 17.7 Å². The first-order valence-corrected chi connectivity index (χ1v) is 6.68. The normalized spacial score (nSPS) is 23.2. The van der Waals surface area contributed by atoms with Crippen molar-refractivity contribution in [1.29, 1.82) is 0 Å². The summed E-state index contributed by atoms with van der Waals surface area (Å²) in [6.07, 6.45) is 6.91. The molecule has 1 aromatic heterocycles. The number of amides is 1. The molecule has 1 aliphatic carbocycles. The van der Waals surface area contributed by atoms with Crippen LogP contribution in [-0.2, 0) is 11.3 Å². The highest BCUT2D eigenvalue weighted by Gasteiger charge is 2.31. The molecular weight excluding hydrogens is 228 g/mol. The number of aryl methyl sites for hydroxylation is 1. The number of nitrogens with one attached hydrogen (secondary N) is 1. The summed E-state index contributed by atoms with van der Waals surface area (Å²) < 4.78 is 2.04. The molecule has 1 aliphatic rings. The largest absolute Gasteiger partial charge is 0.354 e. The Balaban J connectivity index is 1.76. The van der Waals surface area contributed by atoms with Crippen molar-refractivity contribution in [1.82, 2.24) is 14.9 Å². The molecule has 2 rings (SSSR count). The molecule has 100 valence electrons. The van der Waals surface area contributed by atoms with Crippen LogP contribution in [0.15, 0.2) is 12.4 Å². The zero-order valence-electron chi connectivity index (χ0n) is 10.9. The predicted octanol–water partition coefficient (Wildman–Crippen LogP) is 0.683. The number of hydrogen-bond acceptors (Lipinski definition) is 3. The first-order valence-electron chi connectivity index (χ1n) is 6.68. The summed E-state index contributed by atoms with van der Waals surface area (Å²) in [6.45, 7) is 4.02. The smallest absolute Gasteiger partial charge is 0.223 e. The van der Waals surface area contributed by atoms with E-state index in [1.165, 1.54) is 0 Å². The van der Waals surface area contributed by atoms with E-state index in [-0.39, 0.29) is 11.8 Å². The summed E-state index contributed by atoms with van der Waals surface area (Å²) in [4.78, 5) is 16.2. The monoisotopic (exact) mass is 250 g/mol. The maximum atomic E-state index is 12.0. The van der Waals surface area contributed by atoms with Gasteiger partial charge < -0.3 is 15.6 Å². The van der Waals surface area contributed by atoms with E-state index in [0.717, 1.165) is 31.6 Å². The van der Waals surface area contributed by atoms with Gasteiger partial charge in [-0.1, -0.05) is 6.42 Å². The summed E-state index contributed by atoms with van der Waals surface area (Å²) in [5, 5.41) is 3.01. The van der Waals surface area contributed by atoms with E-state index in [2.05, 4.69) is 10.3 Å². The molecule has 0 bridgehead atoms. The van der Waals surface area contributed by atoms with Gasteiger partial charge in [-0.2, -0.15) is 0 Å². The zero-order valence-corrected chi connectivity index (χ0v) is 10.9. The van der Waals surface area contributed by atoms with Crippen LogP contribution in [0.3, 0.4) is 0 Å². The van der Waals surface area contributed by atoms with Gasteiger partial charge in [0, 0.05) is 31.4 Å². The van der Waals surface area contributed by atoms with Gasteiger partial charge in [0.15, 0.2) is 0 Å². The molecule has 0 unspecified atom stereocenters. The average Bonchev–Trinajstić information content (AvgIpc) is 2.98. The molecule has 2 atom stereocenters. The van der Waals surface area contributed by atoms with E-state index >= 15 is 0 Å². The third-order valence-corrected chi connectivity index (χ3v) is 3.87. The lowest BCUT2D eigenvalue weighted by Crippen LogP contribution is -2.36. The van der Waals surface area contributed by atoms with Gasteiger partial charge in [0.05, 0.1) is 0 Å². The maximum Gasteiger partial charge on any atom is 0.223 e. The molecular formula is C13H22N4O. The van der Waals surface area contributed by atoms with Gasteiger partial charge in [0.1, 0.15) is 5.82 Å². The topological polar surface area (TPSA) is 72.9 Å². The fourth-order valence-electron chi connectivity index (χ4n) is 2.73. The first-order chi connectivity index (χ1) is 8.72. The van der Waals surface area contributed by atoms with Crippen LogP contribution in [0.4, 0.5) is 0 Å². The van der Waals surface area contributed by atoms with E-state index < -0.39 is 0 Å². The number of imidazole rings is 1. The number of nitrogens with two attached hydrogens (primary N) is 1. The van der Waals surface area contributed by atoms with Crippen molar-refractivity contribution in [3.63, 3.8) is 0 Å². The Kier molecular flexibility index (Phi) is 4.36. The second-order valence-corrected chi connectivity index (χ2v) is 4.99. The van der Waals surface area contributed by atoms with Crippen molar-refractivity contribution in [2.75, 3.05) is 13.1 Å². The molecule has 0 saturated heterocycles. The highest BCUT2D eigenvalue weighted by atomic mass is 16.1. The molecule has 1 saturated carbocycles. The number of aromatic nitrogens is 2. The molecule has 3 N–H and O–H groups in total. The SMILES string of the molecule is Cc1nccn1CCNC(=O)[C@@H]1CCC[C@@H]1CN. The predicted molar refractivity (Wildman–Crippen MR) is 69.9 cm³/mol. The van der Waals surface area contributed by atoms with Crippen LogP contribution in [0, 0.1) is 18.8 Å². The third kappa shape index (κ3) is 2.90. The van der Waals surface area contributed by atoms with Crippen molar-refractivity contribution in [2.24, 2.45) is 17.6 Å². The molecule has 0 spiro atoms. The molecule has 0 aliphatic heterocycles. The second kappa shape index (κ2) is 6.00. The lowest BCUT2D eigenvalue weighted by atomic mass is 9.95. The summed E-state index contributed by atoms with van der Waals surface area (Å²) in [5.74, 6) is 1.64. The van der Waals surface area contributed by atoms with Crippen LogP contribution in [-0.4, -0.2) is 28.5 Å². The van der Waals surface area contributed by atoms with Gasteiger partial charge in [-0.05, 0) is 32.2 Å². The minimum absolute atomic E-state index is 0.124. The lowest BCUT2D eigenvalue weighted by Gasteiger charge is -2.17. The maximum absolute atomic E-state index is 12.0. The van der Waals surface area contributed by atoms with Crippen LogP contribution in [0.2, 0.25) is 0 Å². The van der Waals surface area contributed by atoms with Crippen LogP contribution >= 0.6 is 0 Å². The van der Waals surface area contributed by atoms with Crippen LogP contribution < -0.4 is 11.1 Å². The Morgan fingerprint density at radius 1 is 1.61 bits per heavy atom. The zero-order chi connectivity index (χ0) is 13.0. The van der Waals surface area contributed by atoms with Crippen LogP contribution in [0.5, 0.6) is 0 Å². The van der Waals surface area contributed by atoms with E-state index in [0.29, 0.717) is 19.0 Å². The van der Waals surface area contributed by atoms with Gasteiger partial charge in [-0.25, -0.2) is 4.98 Å². The Morgan fingerprint density at radius 3 is 3.11 bits per heavy atom. The Labute approximate surface area is 108 Å². The van der Waals surface area contributed by atoms with E-state index in [4.69, 9.17) is 5.73 Å². The van der Waals surface area contributed by atoms with Crippen molar-refractivity contribution >= 4 is 5.91 Å². The molecule has 5 nitrogen and oxygen atoms in total. The second-order valence-electron chi connectivity index (χ2n) is 4.99. The van der Waals surface area contributed by atoms with E-state index in [1.54, 1.807) is 6.20 Å². The van der Waals surface area contributed by atoms with Crippen molar-refractivity contribution in [2.45, 2.75) is 32.7 Å². The van der Waals surface area contributed by atoms with Gasteiger partial charge >= 0.3 is 0 Å². The van der Waals surface area contributed by atoms with Gasteiger partial charge in [-0.3, -0.25) is 4.79 Å². The highest BCUT2D eigenvalue weighted by molar-refractivity contribution is 5.79. The molecule has 5 heteroatoms. The number of rotatable bonds is 5. The number of carbonyl (C=O) groups is 1. The van der Waals surface area contributed by atoms with Gasteiger partial charge in [0.2, 0.25) is 5.91 Å². The first kappa shape index (κ1) is 13.1. The minimum atomic E-state index is 0.124. The molecule has 1 heterocycles. The Bertz CT molecular complexity index is 401. The van der Waals surface area contributed by atoms with Crippen molar-refractivity contribution < 1.29 is 4.79 Å². The number of hydrogen-bond donors (Lipinski definition) is 2. The number of nitrogens with zero attached hydrogens (tertiary/aromatic N) is 2. The molecule has 18 heavy (non-hydrogen) atoms. The molecule has 1 amide bonds. The Morgan fingerprint density at radius 2 is 2.44 bits per heavy atom. The summed E-state index contributed by atoms with van der Waals surface area (Å²) >= 11 is 0. The summed E-state index contributed by atoms with van der Waals surface area (Å²) in [5.41, 5.74) is 5.70. The van der Waals surface area contributed by atoms with Crippen molar-refractivity contribution in [3.8, 4) is 0 Å². The van der Waals surface area contributed by atoms with Crippen LogP contribution in [0.1, 0.15) is 25.1 Å². The Hall–Kier alpha value is -1.36. The van der Waals surface area contributed by atoms with E-state index in [9.17, 15) is 4.79 Å². The highest BCUT2D eigenvalue weighted by Crippen LogP contribution is 2.30. The molecule has 0 aromatic carbocycles. The fourth-order valence-corrected chi connectivity index (χ4v) is 2.73. The van der Waals surface area contributed by atoms with Crippen LogP contribution in [0.25, 0.3) is 0 Å². The quantitative estimate of drug-likeness (QED) is 0.807. The van der Waals surface area contributed by atoms with Crippen molar-refractivity contribution in [3.05, 3.63) is 18.2 Å². The minimum Gasteiger partial charge on any atom is -0.354 e. The summed E-state index contributed by atoms with van der Waals surface area (Å²) in [7, 11) is 0.